The fourth-order valence-electron chi connectivity index (χ4n) is 3.69. The third-order valence-electron chi connectivity index (χ3n) is 5.40. The van der Waals surface area contributed by atoms with Gasteiger partial charge >= 0.3 is 0 Å². The molecule has 0 unspecified atom stereocenters. The second-order valence-corrected chi connectivity index (χ2v) is 8.06. The predicted molar refractivity (Wildman–Crippen MR) is 111 cm³/mol. The van der Waals surface area contributed by atoms with Gasteiger partial charge in [-0.05, 0) is 42.7 Å². The number of aryl methyl sites for hydroxylation is 1. The fraction of sp³-hybridized carbons (Fsp3) is 0.190. The van der Waals surface area contributed by atoms with Crippen molar-refractivity contribution in [2.24, 2.45) is 7.05 Å². The van der Waals surface area contributed by atoms with Crippen molar-refractivity contribution in [1.29, 1.82) is 0 Å². The van der Waals surface area contributed by atoms with E-state index in [2.05, 4.69) is 37.5 Å². The maximum atomic E-state index is 13.1. The van der Waals surface area contributed by atoms with Gasteiger partial charge in [-0.1, -0.05) is 34.1 Å². The lowest BCUT2D eigenvalue weighted by Gasteiger charge is -2.19. The van der Waals surface area contributed by atoms with Crippen LogP contribution in [-0.4, -0.2) is 25.7 Å². The van der Waals surface area contributed by atoms with Crippen LogP contribution >= 0.6 is 15.9 Å². The average molecular weight is 436 g/mol. The van der Waals surface area contributed by atoms with Crippen LogP contribution in [0.5, 0.6) is 0 Å². The van der Waals surface area contributed by atoms with Gasteiger partial charge in [-0.3, -0.25) is 9.89 Å². The van der Waals surface area contributed by atoms with Crippen LogP contribution in [0, 0.1) is 0 Å². The van der Waals surface area contributed by atoms with Gasteiger partial charge in [0.2, 0.25) is 0 Å². The minimum atomic E-state index is -0.289. The number of hydrogen-bond donors (Lipinski definition) is 2. The van der Waals surface area contributed by atoms with Gasteiger partial charge in [0.25, 0.3) is 5.91 Å². The lowest BCUT2D eigenvalue weighted by atomic mass is 10.0. The molecule has 1 saturated carbocycles. The highest BCUT2D eigenvalue weighted by molar-refractivity contribution is 9.10. The Morgan fingerprint density at radius 3 is 2.79 bits per heavy atom. The number of hydrogen-bond acceptors (Lipinski definition) is 3. The molecule has 1 aliphatic carbocycles. The summed E-state index contributed by atoms with van der Waals surface area (Å²) in [6, 6.07) is 13.9. The molecule has 4 aromatic rings. The zero-order valence-electron chi connectivity index (χ0n) is 15.2. The maximum absolute atomic E-state index is 13.1. The van der Waals surface area contributed by atoms with Gasteiger partial charge in [-0.15, -0.1) is 0 Å². The Bertz CT molecular complexity index is 1190. The summed E-state index contributed by atoms with van der Waals surface area (Å²) < 4.78 is 2.88. The Morgan fingerprint density at radius 2 is 2.07 bits per heavy atom. The monoisotopic (exact) mass is 435 g/mol. The molecule has 0 radical (unpaired) electrons. The summed E-state index contributed by atoms with van der Waals surface area (Å²) in [5, 5.41) is 11.0. The molecule has 140 valence electrons. The fourth-order valence-corrected chi connectivity index (χ4v) is 4.35. The zero-order valence-corrected chi connectivity index (χ0v) is 16.8. The molecular weight excluding hydrogens is 418 g/mol. The van der Waals surface area contributed by atoms with Crippen molar-refractivity contribution in [3.8, 4) is 11.3 Å². The standard InChI is InChI=1S/C21H18BrN5O/c1-27-18(10-13-6-7-17(25-19(13)27)14-11-23-24-12-14)20(28)26-21(8-9-21)15-4-2-3-5-16(15)22/h2-7,10-12H,8-9H2,1H3,(H,23,24)(H,26,28). The number of nitrogens with zero attached hydrogens (tertiary/aromatic N) is 3. The first-order valence-electron chi connectivity index (χ1n) is 9.11. The van der Waals surface area contributed by atoms with Gasteiger partial charge in [0.1, 0.15) is 11.3 Å². The SMILES string of the molecule is Cn1c(C(=O)NC2(c3ccccc3Br)CC2)cc2ccc(-c3cn[nH]c3)nc21. The van der Waals surface area contributed by atoms with Crippen molar-refractivity contribution < 1.29 is 4.79 Å². The van der Waals surface area contributed by atoms with Crippen molar-refractivity contribution in [3.63, 3.8) is 0 Å². The average Bonchev–Trinajstić information content (AvgIpc) is 3.13. The third-order valence-corrected chi connectivity index (χ3v) is 6.09. The molecule has 6 nitrogen and oxygen atoms in total. The van der Waals surface area contributed by atoms with Crippen LogP contribution < -0.4 is 5.32 Å². The molecule has 7 heteroatoms. The minimum absolute atomic E-state index is 0.0846. The van der Waals surface area contributed by atoms with Gasteiger partial charge in [0.05, 0.1) is 17.4 Å². The van der Waals surface area contributed by atoms with E-state index in [9.17, 15) is 4.79 Å². The minimum Gasteiger partial charge on any atom is -0.341 e. The van der Waals surface area contributed by atoms with Gasteiger partial charge in [-0.25, -0.2) is 4.98 Å². The normalized spacial score (nSPS) is 14.9. The molecule has 5 rings (SSSR count). The molecule has 1 amide bonds. The molecule has 1 fully saturated rings. The van der Waals surface area contributed by atoms with E-state index < -0.39 is 0 Å². The first-order valence-corrected chi connectivity index (χ1v) is 9.90. The summed E-state index contributed by atoms with van der Waals surface area (Å²) in [5.74, 6) is -0.0846. The first kappa shape index (κ1) is 17.2. The van der Waals surface area contributed by atoms with Crippen molar-refractivity contribution in [2.45, 2.75) is 18.4 Å². The van der Waals surface area contributed by atoms with Crippen LogP contribution in [0.15, 0.2) is 59.3 Å². The van der Waals surface area contributed by atoms with Crippen LogP contribution in [0.4, 0.5) is 0 Å². The summed E-state index contributed by atoms with van der Waals surface area (Å²) in [4.78, 5) is 17.8. The van der Waals surface area contributed by atoms with E-state index in [0.717, 1.165) is 45.2 Å². The topological polar surface area (TPSA) is 75.6 Å². The Kier molecular flexibility index (Phi) is 3.87. The second-order valence-electron chi connectivity index (χ2n) is 7.20. The van der Waals surface area contributed by atoms with Crippen LogP contribution in [0.2, 0.25) is 0 Å². The smallest absolute Gasteiger partial charge is 0.268 e. The summed E-state index contributed by atoms with van der Waals surface area (Å²) in [7, 11) is 1.88. The lowest BCUT2D eigenvalue weighted by Crippen LogP contribution is -2.36. The Hall–Kier alpha value is -2.93. The number of pyridine rings is 1. The first-order chi connectivity index (χ1) is 13.6. The molecule has 3 aromatic heterocycles. The van der Waals surface area contributed by atoms with Crippen LogP contribution in [-0.2, 0) is 12.6 Å². The molecular formula is C21H18BrN5O. The third kappa shape index (κ3) is 2.74. The Labute approximate surface area is 170 Å². The molecule has 2 N–H and O–H groups in total. The number of carbonyl (C=O) groups excluding carboxylic acids is 1. The number of rotatable bonds is 4. The van der Waals surface area contributed by atoms with E-state index in [1.54, 1.807) is 12.4 Å². The zero-order chi connectivity index (χ0) is 19.3. The van der Waals surface area contributed by atoms with Crippen molar-refractivity contribution in [2.75, 3.05) is 0 Å². The van der Waals surface area contributed by atoms with Gasteiger partial charge < -0.3 is 9.88 Å². The lowest BCUT2D eigenvalue weighted by molar-refractivity contribution is 0.0922. The maximum Gasteiger partial charge on any atom is 0.268 e. The summed E-state index contributed by atoms with van der Waals surface area (Å²) in [6.07, 6.45) is 5.42. The van der Waals surface area contributed by atoms with E-state index in [4.69, 9.17) is 4.98 Å². The number of aromatic amines is 1. The number of H-pyrrole nitrogens is 1. The molecule has 28 heavy (non-hydrogen) atoms. The number of nitrogens with one attached hydrogen (secondary N) is 2. The highest BCUT2D eigenvalue weighted by Crippen LogP contribution is 2.48. The Morgan fingerprint density at radius 1 is 1.25 bits per heavy atom. The largest absolute Gasteiger partial charge is 0.341 e. The van der Waals surface area contributed by atoms with Gasteiger partial charge in [0, 0.05) is 28.7 Å². The number of benzene rings is 1. The molecule has 0 atom stereocenters. The van der Waals surface area contributed by atoms with E-state index in [0.29, 0.717) is 5.69 Å². The van der Waals surface area contributed by atoms with Crippen LogP contribution in [0.3, 0.4) is 0 Å². The van der Waals surface area contributed by atoms with E-state index in [1.165, 1.54) is 0 Å². The molecule has 0 bridgehead atoms. The molecule has 0 spiro atoms. The van der Waals surface area contributed by atoms with E-state index >= 15 is 0 Å². The number of carbonyl (C=O) groups is 1. The van der Waals surface area contributed by atoms with E-state index in [1.807, 2.05) is 48.0 Å². The molecule has 3 heterocycles. The van der Waals surface area contributed by atoms with Crippen molar-refractivity contribution in [3.05, 3.63) is 70.6 Å². The highest BCUT2D eigenvalue weighted by Gasteiger charge is 2.47. The molecule has 0 aliphatic heterocycles. The Balaban J connectivity index is 1.48. The highest BCUT2D eigenvalue weighted by atomic mass is 79.9. The summed E-state index contributed by atoms with van der Waals surface area (Å²) in [5.41, 5.74) is 3.95. The predicted octanol–water partition coefficient (Wildman–Crippen LogP) is 4.15. The van der Waals surface area contributed by atoms with Crippen LogP contribution in [0.25, 0.3) is 22.3 Å². The number of fused-ring (bicyclic) bond motifs is 1. The summed E-state index contributed by atoms with van der Waals surface area (Å²) in [6.45, 7) is 0. The summed E-state index contributed by atoms with van der Waals surface area (Å²) >= 11 is 3.61. The van der Waals surface area contributed by atoms with Crippen LogP contribution in [0.1, 0.15) is 28.9 Å². The van der Waals surface area contributed by atoms with Crippen molar-refractivity contribution >= 4 is 32.9 Å². The van der Waals surface area contributed by atoms with Crippen molar-refractivity contribution in [1.82, 2.24) is 25.1 Å². The second kappa shape index (κ2) is 6.31. The number of amides is 1. The molecule has 0 saturated heterocycles. The van der Waals surface area contributed by atoms with Gasteiger partial charge in [-0.2, -0.15) is 5.10 Å². The number of aromatic nitrogens is 4. The van der Waals surface area contributed by atoms with Gasteiger partial charge in [0.15, 0.2) is 0 Å². The quantitative estimate of drug-likeness (QED) is 0.505. The number of halogens is 1. The molecule has 1 aromatic carbocycles. The molecule has 1 aliphatic rings. The van der Waals surface area contributed by atoms with E-state index in [-0.39, 0.29) is 11.4 Å².